The van der Waals surface area contributed by atoms with Crippen LogP contribution in [0.4, 0.5) is 0 Å². The number of hydrogen-bond acceptors (Lipinski definition) is 5. The van der Waals surface area contributed by atoms with Gasteiger partial charge in [0.1, 0.15) is 12.2 Å². The third kappa shape index (κ3) is 3.38. The fourth-order valence-electron chi connectivity index (χ4n) is 1.38. The van der Waals surface area contributed by atoms with Gasteiger partial charge >= 0.3 is 8.80 Å². The minimum absolute atomic E-state index is 0.769. The van der Waals surface area contributed by atoms with E-state index in [0.717, 1.165) is 24.7 Å². The summed E-state index contributed by atoms with van der Waals surface area (Å²) in [5, 5.41) is 6.65. The molecule has 0 saturated heterocycles. The molecule has 0 aliphatic rings. The summed E-state index contributed by atoms with van der Waals surface area (Å²) in [5.41, 5.74) is 0. The van der Waals surface area contributed by atoms with Gasteiger partial charge < -0.3 is 13.3 Å². The van der Waals surface area contributed by atoms with Crippen LogP contribution in [-0.2, 0) is 19.7 Å². The van der Waals surface area contributed by atoms with Crippen molar-refractivity contribution in [1.82, 2.24) is 15.2 Å². The molecule has 1 rings (SSSR count). The SMILES string of the molecule is CO[Si](CCCc1nc[nH]n1)(OC)OC. The summed E-state index contributed by atoms with van der Waals surface area (Å²) in [4.78, 5) is 4.04. The van der Waals surface area contributed by atoms with Crippen molar-refractivity contribution in [3.63, 3.8) is 0 Å². The second kappa shape index (κ2) is 5.96. The number of nitrogens with zero attached hydrogens (tertiary/aromatic N) is 2. The number of hydrogen-bond donors (Lipinski definition) is 1. The minimum atomic E-state index is -2.42. The third-order valence-corrected chi connectivity index (χ3v) is 5.11. The molecule has 1 aromatic rings. The number of aromatic amines is 1. The fourth-order valence-corrected chi connectivity index (χ4v) is 3.10. The Bertz CT molecular complexity index is 256. The molecule has 1 N–H and O–H groups in total. The molecule has 0 atom stereocenters. The molecule has 0 saturated carbocycles. The molecule has 0 aromatic carbocycles. The summed E-state index contributed by atoms with van der Waals surface area (Å²) in [7, 11) is 2.43. The van der Waals surface area contributed by atoms with Crippen LogP contribution in [0.15, 0.2) is 6.33 Å². The van der Waals surface area contributed by atoms with E-state index in [1.54, 1.807) is 27.7 Å². The summed E-state index contributed by atoms with van der Waals surface area (Å²) in [5.74, 6) is 0.807. The first kappa shape index (κ1) is 12.3. The van der Waals surface area contributed by atoms with Crippen molar-refractivity contribution in [3.8, 4) is 0 Å². The lowest BCUT2D eigenvalue weighted by atomic mass is 10.3. The van der Waals surface area contributed by atoms with E-state index >= 15 is 0 Å². The summed E-state index contributed by atoms with van der Waals surface area (Å²) >= 11 is 0. The molecule has 0 amide bonds. The van der Waals surface area contributed by atoms with Gasteiger partial charge in [0.2, 0.25) is 0 Å². The van der Waals surface area contributed by atoms with Crippen molar-refractivity contribution < 1.29 is 13.3 Å². The van der Waals surface area contributed by atoms with Gasteiger partial charge in [0.05, 0.1) is 0 Å². The average Bonchev–Trinajstić information content (AvgIpc) is 2.78. The van der Waals surface area contributed by atoms with E-state index in [0.29, 0.717) is 0 Å². The van der Waals surface area contributed by atoms with Crippen LogP contribution in [0, 0.1) is 0 Å². The summed E-state index contributed by atoms with van der Waals surface area (Å²) in [6, 6.07) is 0.769. The van der Waals surface area contributed by atoms with Gasteiger partial charge in [-0.1, -0.05) is 0 Å². The van der Waals surface area contributed by atoms with Crippen molar-refractivity contribution in [2.75, 3.05) is 21.3 Å². The van der Waals surface area contributed by atoms with Gasteiger partial charge in [0.15, 0.2) is 0 Å². The number of H-pyrrole nitrogens is 1. The molecule has 15 heavy (non-hydrogen) atoms. The predicted octanol–water partition coefficient (Wildman–Crippen LogP) is 0.615. The van der Waals surface area contributed by atoms with E-state index in [1.807, 2.05) is 0 Å². The number of rotatable bonds is 7. The molecule has 0 aliphatic heterocycles. The van der Waals surface area contributed by atoms with Crippen LogP contribution >= 0.6 is 0 Å². The third-order valence-electron chi connectivity index (χ3n) is 2.28. The Hall–Kier alpha value is -0.763. The molecule has 0 fully saturated rings. The molecular formula is C8H17N3O3Si. The number of aryl methyl sites for hydroxylation is 1. The maximum Gasteiger partial charge on any atom is 0.500 e. The Morgan fingerprint density at radius 3 is 2.40 bits per heavy atom. The van der Waals surface area contributed by atoms with Gasteiger partial charge in [-0.15, -0.1) is 0 Å². The zero-order chi connectivity index (χ0) is 11.1. The second-order valence-corrected chi connectivity index (χ2v) is 6.16. The molecule has 86 valence electrons. The zero-order valence-corrected chi connectivity index (χ0v) is 10.3. The van der Waals surface area contributed by atoms with E-state index in [-0.39, 0.29) is 0 Å². The van der Waals surface area contributed by atoms with Crippen LogP contribution in [0.3, 0.4) is 0 Å². The van der Waals surface area contributed by atoms with E-state index in [2.05, 4.69) is 15.2 Å². The normalized spacial score (nSPS) is 11.9. The molecule has 0 spiro atoms. The fraction of sp³-hybridized carbons (Fsp3) is 0.750. The standard InChI is InChI=1S/C8H17N3O3Si/c1-12-15(13-2,14-3)6-4-5-8-9-7-10-11-8/h7H,4-6H2,1-3H3,(H,9,10,11). The van der Waals surface area contributed by atoms with Crippen molar-refractivity contribution in [2.24, 2.45) is 0 Å². The largest absolute Gasteiger partial charge is 0.500 e. The van der Waals surface area contributed by atoms with Gasteiger partial charge in [-0.25, -0.2) is 4.98 Å². The van der Waals surface area contributed by atoms with Crippen molar-refractivity contribution in [1.29, 1.82) is 0 Å². The lowest BCUT2D eigenvalue weighted by Crippen LogP contribution is -2.42. The average molecular weight is 231 g/mol. The smallest absolute Gasteiger partial charge is 0.377 e. The molecule has 7 heteroatoms. The Kier molecular flexibility index (Phi) is 4.89. The van der Waals surface area contributed by atoms with E-state index in [9.17, 15) is 0 Å². The van der Waals surface area contributed by atoms with E-state index in [1.165, 1.54) is 0 Å². The molecule has 0 bridgehead atoms. The molecule has 6 nitrogen and oxygen atoms in total. The maximum atomic E-state index is 5.30. The van der Waals surface area contributed by atoms with Crippen molar-refractivity contribution in [2.45, 2.75) is 18.9 Å². The highest BCUT2D eigenvalue weighted by atomic mass is 28.4. The van der Waals surface area contributed by atoms with E-state index < -0.39 is 8.80 Å². The quantitative estimate of drug-likeness (QED) is 0.696. The first-order valence-corrected chi connectivity index (χ1v) is 6.69. The Balaban J connectivity index is 2.34. The molecule has 1 aromatic heterocycles. The van der Waals surface area contributed by atoms with Gasteiger partial charge in [0, 0.05) is 33.8 Å². The first-order valence-electron chi connectivity index (χ1n) is 4.76. The zero-order valence-electron chi connectivity index (χ0n) is 9.32. The lowest BCUT2D eigenvalue weighted by Gasteiger charge is -2.23. The van der Waals surface area contributed by atoms with Crippen LogP contribution in [0.1, 0.15) is 12.2 Å². The topological polar surface area (TPSA) is 69.3 Å². The minimum Gasteiger partial charge on any atom is -0.377 e. The lowest BCUT2D eigenvalue weighted by molar-refractivity contribution is 0.123. The molecule has 0 aliphatic carbocycles. The summed E-state index contributed by atoms with van der Waals surface area (Å²) in [6.45, 7) is 0. The molecule has 0 unspecified atom stereocenters. The summed E-state index contributed by atoms with van der Waals surface area (Å²) in [6.07, 6.45) is 3.26. The van der Waals surface area contributed by atoms with Crippen LogP contribution in [-0.4, -0.2) is 45.3 Å². The van der Waals surface area contributed by atoms with Gasteiger partial charge in [-0.2, -0.15) is 5.10 Å². The van der Waals surface area contributed by atoms with Crippen molar-refractivity contribution in [3.05, 3.63) is 12.2 Å². The molecule has 1 heterocycles. The Labute approximate surface area is 90.3 Å². The molecule has 0 radical (unpaired) electrons. The van der Waals surface area contributed by atoms with Crippen LogP contribution in [0.5, 0.6) is 0 Å². The number of nitrogens with one attached hydrogen (secondary N) is 1. The Morgan fingerprint density at radius 2 is 1.93 bits per heavy atom. The highest BCUT2D eigenvalue weighted by Gasteiger charge is 2.36. The Morgan fingerprint density at radius 1 is 1.27 bits per heavy atom. The predicted molar refractivity (Wildman–Crippen MR) is 56.3 cm³/mol. The van der Waals surface area contributed by atoms with Crippen LogP contribution < -0.4 is 0 Å². The van der Waals surface area contributed by atoms with Crippen molar-refractivity contribution >= 4 is 8.80 Å². The monoisotopic (exact) mass is 231 g/mol. The van der Waals surface area contributed by atoms with Gasteiger partial charge in [-0.05, 0) is 6.42 Å². The second-order valence-electron chi connectivity index (χ2n) is 3.06. The van der Waals surface area contributed by atoms with Crippen LogP contribution in [0.25, 0.3) is 0 Å². The van der Waals surface area contributed by atoms with Crippen LogP contribution in [0.2, 0.25) is 6.04 Å². The first-order chi connectivity index (χ1) is 7.26. The maximum absolute atomic E-state index is 5.30. The number of aromatic nitrogens is 3. The van der Waals surface area contributed by atoms with Gasteiger partial charge in [0.25, 0.3) is 0 Å². The van der Waals surface area contributed by atoms with Gasteiger partial charge in [-0.3, -0.25) is 5.10 Å². The highest BCUT2D eigenvalue weighted by Crippen LogP contribution is 2.15. The molecular weight excluding hydrogens is 214 g/mol. The highest BCUT2D eigenvalue weighted by molar-refractivity contribution is 6.60. The summed E-state index contributed by atoms with van der Waals surface area (Å²) < 4.78 is 15.9. The van der Waals surface area contributed by atoms with E-state index in [4.69, 9.17) is 13.3 Å².